The molecule has 0 aromatic rings. The fourth-order valence-electron chi connectivity index (χ4n) is 1.91. The molecular formula is C10H21NS. The van der Waals surface area contributed by atoms with Crippen molar-refractivity contribution < 1.29 is 0 Å². The first-order valence-corrected chi connectivity index (χ1v) is 6.57. The summed E-state index contributed by atoms with van der Waals surface area (Å²) < 4.78 is 4.39. The summed E-state index contributed by atoms with van der Waals surface area (Å²) in [4.78, 5) is 0. The van der Waals surface area contributed by atoms with Gasteiger partial charge in [0.1, 0.15) is 0 Å². The molecule has 0 aromatic carbocycles. The SMILES string of the molecule is CCC(C)C1CCS(=NC)CC1. The first-order chi connectivity index (χ1) is 5.77. The predicted molar refractivity (Wildman–Crippen MR) is 57.6 cm³/mol. The van der Waals surface area contributed by atoms with Gasteiger partial charge in [0.2, 0.25) is 0 Å². The molecule has 1 aliphatic heterocycles. The van der Waals surface area contributed by atoms with Crippen LogP contribution in [0.3, 0.4) is 0 Å². The fourth-order valence-corrected chi connectivity index (χ4v) is 3.63. The molecule has 0 bridgehead atoms. The zero-order valence-electron chi connectivity index (χ0n) is 8.55. The third-order valence-corrected chi connectivity index (χ3v) is 5.09. The molecule has 0 aliphatic carbocycles. The number of nitrogens with zero attached hydrogens (tertiary/aromatic N) is 1. The summed E-state index contributed by atoms with van der Waals surface area (Å²) in [5.41, 5.74) is 0. The van der Waals surface area contributed by atoms with Gasteiger partial charge in [-0.3, -0.25) is 4.36 Å². The van der Waals surface area contributed by atoms with Gasteiger partial charge in [-0.2, -0.15) is 0 Å². The second-order valence-corrected chi connectivity index (χ2v) is 5.88. The molecule has 0 amide bonds. The lowest BCUT2D eigenvalue weighted by molar-refractivity contribution is 0.326. The van der Waals surface area contributed by atoms with E-state index in [0.717, 1.165) is 11.8 Å². The molecule has 0 radical (unpaired) electrons. The van der Waals surface area contributed by atoms with E-state index in [1.165, 1.54) is 30.8 Å². The van der Waals surface area contributed by atoms with Crippen molar-refractivity contribution >= 4 is 10.7 Å². The minimum atomic E-state index is 0.434. The monoisotopic (exact) mass is 187 g/mol. The molecule has 1 fully saturated rings. The molecule has 0 saturated carbocycles. The summed E-state index contributed by atoms with van der Waals surface area (Å²) in [6.45, 7) is 4.71. The molecule has 72 valence electrons. The van der Waals surface area contributed by atoms with Crippen LogP contribution in [0, 0.1) is 11.8 Å². The molecule has 1 unspecified atom stereocenters. The Morgan fingerprint density at radius 2 is 2.00 bits per heavy atom. The van der Waals surface area contributed by atoms with Crippen LogP contribution in [0.5, 0.6) is 0 Å². The van der Waals surface area contributed by atoms with E-state index in [2.05, 4.69) is 18.2 Å². The van der Waals surface area contributed by atoms with E-state index < -0.39 is 0 Å². The van der Waals surface area contributed by atoms with Crippen LogP contribution in [-0.2, 0) is 10.7 Å². The molecule has 1 nitrogen and oxygen atoms in total. The Balaban J connectivity index is 2.35. The second kappa shape index (κ2) is 5.00. The van der Waals surface area contributed by atoms with Gasteiger partial charge in [-0.25, -0.2) is 0 Å². The molecule has 1 saturated heterocycles. The minimum absolute atomic E-state index is 0.434. The third-order valence-electron chi connectivity index (χ3n) is 3.16. The molecule has 0 N–H and O–H groups in total. The van der Waals surface area contributed by atoms with Crippen LogP contribution in [0.1, 0.15) is 33.1 Å². The number of hydrogen-bond acceptors (Lipinski definition) is 1. The zero-order valence-corrected chi connectivity index (χ0v) is 9.36. The van der Waals surface area contributed by atoms with Crippen LogP contribution in [0.2, 0.25) is 0 Å². The van der Waals surface area contributed by atoms with Crippen molar-refractivity contribution in [3.63, 3.8) is 0 Å². The maximum atomic E-state index is 4.39. The quantitative estimate of drug-likeness (QED) is 0.630. The summed E-state index contributed by atoms with van der Waals surface area (Å²) in [5.74, 6) is 4.67. The first kappa shape index (κ1) is 10.2. The zero-order chi connectivity index (χ0) is 8.97. The van der Waals surface area contributed by atoms with Crippen LogP contribution in [0.4, 0.5) is 0 Å². The van der Waals surface area contributed by atoms with E-state index >= 15 is 0 Å². The van der Waals surface area contributed by atoms with Gasteiger partial charge in [-0.15, -0.1) is 10.7 Å². The summed E-state index contributed by atoms with van der Waals surface area (Å²) in [6.07, 6.45) is 4.20. The van der Waals surface area contributed by atoms with Gasteiger partial charge < -0.3 is 0 Å². The molecular weight excluding hydrogens is 166 g/mol. The largest absolute Gasteiger partial charge is 0.268 e. The summed E-state index contributed by atoms with van der Waals surface area (Å²) in [6, 6.07) is 0. The molecule has 2 heteroatoms. The fraction of sp³-hybridized carbons (Fsp3) is 1.00. The van der Waals surface area contributed by atoms with Gasteiger partial charge in [0.25, 0.3) is 0 Å². The van der Waals surface area contributed by atoms with Crippen molar-refractivity contribution in [2.24, 2.45) is 16.2 Å². The van der Waals surface area contributed by atoms with E-state index in [9.17, 15) is 0 Å². The van der Waals surface area contributed by atoms with Gasteiger partial charge in [0, 0.05) is 18.6 Å². The van der Waals surface area contributed by atoms with Crippen molar-refractivity contribution in [2.75, 3.05) is 18.6 Å². The van der Waals surface area contributed by atoms with Crippen LogP contribution < -0.4 is 0 Å². The second-order valence-electron chi connectivity index (χ2n) is 3.78. The molecule has 0 aromatic heterocycles. The lowest BCUT2D eigenvalue weighted by Gasteiger charge is -2.28. The third kappa shape index (κ3) is 2.58. The first-order valence-electron chi connectivity index (χ1n) is 5.05. The van der Waals surface area contributed by atoms with E-state index in [-0.39, 0.29) is 0 Å². The molecule has 12 heavy (non-hydrogen) atoms. The summed E-state index contributed by atoms with van der Waals surface area (Å²) in [7, 11) is 2.41. The normalized spacial score (nSPS) is 32.9. The summed E-state index contributed by atoms with van der Waals surface area (Å²) >= 11 is 0. The Kier molecular flexibility index (Phi) is 4.27. The number of hydrogen-bond donors (Lipinski definition) is 0. The maximum Gasteiger partial charge on any atom is 0.0346 e. The van der Waals surface area contributed by atoms with E-state index in [1.807, 2.05) is 7.05 Å². The highest BCUT2D eigenvalue weighted by molar-refractivity contribution is 7.87. The molecule has 0 spiro atoms. The summed E-state index contributed by atoms with van der Waals surface area (Å²) in [5, 5.41) is 0. The Hall–Kier alpha value is 0.150. The lowest BCUT2D eigenvalue weighted by Crippen LogP contribution is -2.23. The smallest absolute Gasteiger partial charge is 0.0346 e. The molecule has 1 aliphatic rings. The van der Waals surface area contributed by atoms with Crippen molar-refractivity contribution in [1.82, 2.24) is 0 Å². The average molecular weight is 187 g/mol. The van der Waals surface area contributed by atoms with Gasteiger partial charge in [0.15, 0.2) is 0 Å². The Morgan fingerprint density at radius 3 is 2.42 bits per heavy atom. The van der Waals surface area contributed by atoms with Crippen LogP contribution in [-0.4, -0.2) is 18.6 Å². The average Bonchev–Trinajstić information content (AvgIpc) is 2.17. The standard InChI is InChI=1S/C10H21NS/c1-4-9(2)10-5-7-12(11-3)8-6-10/h9-10H,4-8H2,1-3H3. The molecule has 1 heterocycles. The number of rotatable bonds is 2. The van der Waals surface area contributed by atoms with E-state index in [0.29, 0.717) is 10.7 Å². The van der Waals surface area contributed by atoms with Crippen molar-refractivity contribution in [3.05, 3.63) is 0 Å². The lowest BCUT2D eigenvalue weighted by atomic mass is 9.87. The highest BCUT2D eigenvalue weighted by atomic mass is 32.2. The topological polar surface area (TPSA) is 12.4 Å². The Bertz CT molecular complexity index is 155. The van der Waals surface area contributed by atoms with Crippen molar-refractivity contribution in [2.45, 2.75) is 33.1 Å². The van der Waals surface area contributed by atoms with Gasteiger partial charge in [-0.1, -0.05) is 20.3 Å². The van der Waals surface area contributed by atoms with Gasteiger partial charge in [0.05, 0.1) is 0 Å². The Morgan fingerprint density at radius 1 is 1.42 bits per heavy atom. The molecule has 1 atom stereocenters. The maximum absolute atomic E-state index is 4.39. The van der Waals surface area contributed by atoms with Crippen LogP contribution in [0.15, 0.2) is 4.36 Å². The van der Waals surface area contributed by atoms with Crippen LogP contribution in [0.25, 0.3) is 0 Å². The van der Waals surface area contributed by atoms with E-state index in [1.54, 1.807) is 0 Å². The highest BCUT2D eigenvalue weighted by Crippen LogP contribution is 2.26. The minimum Gasteiger partial charge on any atom is -0.268 e. The predicted octanol–water partition coefficient (Wildman–Crippen LogP) is 2.87. The van der Waals surface area contributed by atoms with Gasteiger partial charge in [-0.05, 0) is 24.7 Å². The molecule has 1 rings (SSSR count). The van der Waals surface area contributed by atoms with Crippen LogP contribution >= 0.6 is 0 Å². The van der Waals surface area contributed by atoms with Crippen molar-refractivity contribution in [1.29, 1.82) is 0 Å². The van der Waals surface area contributed by atoms with Gasteiger partial charge >= 0.3 is 0 Å². The van der Waals surface area contributed by atoms with E-state index in [4.69, 9.17) is 0 Å². The van der Waals surface area contributed by atoms with Crippen molar-refractivity contribution in [3.8, 4) is 0 Å². The Labute approximate surface area is 79.0 Å². The highest BCUT2D eigenvalue weighted by Gasteiger charge is 2.20.